The van der Waals surface area contributed by atoms with E-state index < -0.39 is 0 Å². The molecule has 0 spiro atoms. The second-order valence-corrected chi connectivity index (χ2v) is 7.73. The van der Waals surface area contributed by atoms with Crippen LogP contribution in [0.2, 0.25) is 0 Å². The molecular formula is C22H25N5O2. The highest BCUT2D eigenvalue weighted by Crippen LogP contribution is 2.32. The van der Waals surface area contributed by atoms with Crippen LogP contribution in [0.1, 0.15) is 19.4 Å². The Kier molecular flexibility index (Phi) is 5.29. The lowest BCUT2D eigenvalue weighted by Crippen LogP contribution is -2.48. The molecule has 2 aliphatic heterocycles. The molecule has 2 aliphatic rings. The van der Waals surface area contributed by atoms with E-state index in [0.29, 0.717) is 49.9 Å². The molecule has 0 aliphatic carbocycles. The van der Waals surface area contributed by atoms with Crippen LogP contribution in [0.5, 0.6) is 0 Å². The van der Waals surface area contributed by atoms with Crippen molar-refractivity contribution in [1.82, 2.24) is 19.8 Å². The maximum atomic E-state index is 13.3. The third-order valence-electron chi connectivity index (χ3n) is 5.18. The number of carbonyl (C=O) groups excluding carboxylic acids is 2. The third-order valence-corrected chi connectivity index (χ3v) is 5.18. The molecule has 2 amide bonds. The normalized spacial score (nSPS) is 17.7. The SMILES string of the molecule is CC(C)CN1C(=O)C(c2ccccc2)=C(N2CCN(c3ncccn3)CC2)C1=O. The molecule has 0 radical (unpaired) electrons. The first kappa shape index (κ1) is 19.1. The topological polar surface area (TPSA) is 69.6 Å². The van der Waals surface area contributed by atoms with Crippen molar-refractivity contribution in [3.8, 4) is 0 Å². The van der Waals surface area contributed by atoms with Crippen molar-refractivity contribution < 1.29 is 9.59 Å². The number of nitrogens with zero attached hydrogens (tertiary/aromatic N) is 5. The van der Waals surface area contributed by atoms with Gasteiger partial charge in [-0.2, -0.15) is 0 Å². The number of aromatic nitrogens is 2. The molecule has 0 unspecified atom stereocenters. The fourth-order valence-electron chi connectivity index (χ4n) is 3.84. The van der Waals surface area contributed by atoms with Crippen LogP contribution >= 0.6 is 0 Å². The van der Waals surface area contributed by atoms with Crippen LogP contribution in [-0.2, 0) is 9.59 Å². The van der Waals surface area contributed by atoms with Crippen LogP contribution in [0.4, 0.5) is 5.95 Å². The van der Waals surface area contributed by atoms with Crippen LogP contribution in [0.25, 0.3) is 5.57 Å². The van der Waals surface area contributed by atoms with Crippen molar-refractivity contribution in [2.24, 2.45) is 5.92 Å². The summed E-state index contributed by atoms with van der Waals surface area (Å²) >= 11 is 0. The maximum Gasteiger partial charge on any atom is 0.277 e. The monoisotopic (exact) mass is 391 g/mol. The molecule has 1 saturated heterocycles. The molecule has 3 heterocycles. The molecule has 7 heteroatoms. The second-order valence-electron chi connectivity index (χ2n) is 7.73. The molecule has 1 fully saturated rings. The second kappa shape index (κ2) is 8.03. The Morgan fingerprint density at radius 2 is 1.48 bits per heavy atom. The van der Waals surface area contributed by atoms with Gasteiger partial charge in [0.2, 0.25) is 5.95 Å². The molecule has 1 aromatic carbocycles. The summed E-state index contributed by atoms with van der Waals surface area (Å²) in [5, 5.41) is 0. The fourth-order valence-corrected chi connectivity index (χ4v) is 3.84. The summed E-state index contributed by atoms with van der Waals surface area (Å²) in [4.78, 5) is 40.6. The number of imide groups is 1. The number of rotatable bonds is 5. The smallest absolute Gasteiger partial charge is 0.277 e. The molecule has 2 aromatic rings. The van der Waals surface area contributed by atoms with Crippen molar-refractivity contribution in [1.29, 1.82) is 0 Å². The summed E-state index contributed by atoms with van der Waals surface area (Å²) in [6, 6.07) is 11.3. The highest BCUT2D eigenvalue weighted by Gasteiger charge is 2.42. The predicted molar refractivity (Wildman–Crippen MR) is 111 cm³/mol. The van der Waals surface area contributed by atoms with Gasteiger partial charge in [-0.1, -0.05) is 44.2 Å². The summed E-state index contributed by atoms with van der Waals surface area (Å²) in [6.07, 6.45) is 3.46. The molecular weight excluding hydrogens is 366 g/mol. The van der Waals surface area contributed by atoms with Gasteiger partial charge in [-0.05, 0) is 17.5 Å². The van der Waals surface area contributed by atoms with Crippen LogP contribution in [-0.4, -0.2) is 64.3 Å². The highest BCUT2D eigenvalue weighted by atomic mass is 16.2. The highest BCUT2D eigenvalue weighted by molar-refractivity contribution is 6.35. The first-order valence-corrected chi connectivity index (χ1v) is 9.99. The fraction of sp³-hybridized carbons (Fsp3) is 0.364. The Labute approximate surface area is 170 Å². The lowest BCUT2D eigenvalue weighted by Gasteiger charge is -2.36. The molecule has 0 bridgehead atoms. The minimum atomic E-state index is -0.196. The molecule has 0 N–H and O–H groups in total. The van der Waals surface area contributed by atoms with Crippen molar-refractivity contribution in [2.75, 3.05) is 37.6 Å². The Bertz CT molecular complexity index is 919. The van der Waals surface area contributed by atoms with Gasteiger partial charge in [0.1, 0.15) is 5.70 Å². The minimum absolute atomic E-state index is 0.188. The van der Waals surface area contributed by atoms with E-state index in [1.165, 1.54) is 4.90 Å². The zero-order valence-electron chi connectivity index (χ0n) is 16.8. The average molecular weight is 391 g/mol. The van der Waals surface area contributed by atoms with E-state index in [1.807, 2.05) is 49.1 Å². The maximum absolute atomic E-state index is 13.3. The Hall–Kier alpha value is -3.22. The van der Waals surface area contributed by atoms with Gasteiger partial charge < -0.3 is 9.80 Å². The molecule has 150 valence electrons. The minimum Gasteiger partial charge on any atom is -0.363 e. The van der Waals surface area contributed by atoms with Gasteiger partial charge in [-0.15, -0.1) is 0 Å². The first-order chi connectivity index (χ1) is 14.1. The number of benzene rings is 1. The molecule has 7 nitrogen and oxygen atoms in total. The number of carbonyl (C=O) groups is 2. The van der Waals surface area contributed by atoms with E-state index in [-0.39, 0.29) is 17.7 Å². The number of anilines is 1. The predicted octanol–water partition coefficient (Wildman–Crippen LogP) is 2.03. The van der Waals surface area contributed by atoms with Crippen LogP contribution in [0.15, 0.2) is 54.5 Å². The van der Waals surface area contributed by atoms with Gasteiger partial charge in [0.05, 0.1) is 5.57 Å². The zero-order chi connectivity index (χ0) is 20.4. The van der Waals surface area contributed by atoms with E-state index in [2.05, 4.69) is 14.9 Å². The summed E-state index contributed by atoms with van der Waals surface area (Å²) in [5.74, 6) is 0.525. The first-order valence-electron chi connectivity index (χ1n) is 9.99. The molecule has 1 aromatic heterocycles. The summed E-state index contributed by atoms with van der Waals surface area (Å²) < 4.78 is 0. The van der Waals surface area contributed by atoms with Crippen LogP contribution in [0.3, 0.4) is 0 Å². The van der Waals surface area contributed by atoms with E-state index in [0.717, 1.165) is 5.56 Å². The Balaban J connectivity index is 1.63. The molecule has 0 atom stereocenters. The van der Waals surface area contributed by atoms with Gasteiger partial charge in [0.25, 0.3) is 11.8 Å². The number of hydrogen-bond acceptors (Lipinski definition) is 6. The van der Waals surface area contributed by atoms with E-state index in [4.69, 9.17) is 0 Å². The lowest BCUT2D eigenvalue weighted by molar-refractivity contribution is -0.138. The van der Waals surface area contributed by atoms with Gasteiger partial charge in [-0.3, -0.25) is 14.5 Å². The molecule has 4 rings (SSSR count). The van der Waals surface area contributed by atoms with Gasteiger partial charge in [-0.25, -0.2) is 9.97 Å². The summed E-state index contributed by atoms with van der Waals surface area (Å²) in [5.41, 5.74) is 1.83. The van der Waals surface area contributed by atoms with Gasteiger partial charge in [0, 0.05) is 45.1 Å². The van der Waals surface area contributed by atoms with Gasteiger partial charge in [0.15, 0.2) is 0 Å². The third kappa shape index (κ3) is 3.72. The number of hydrogen-bond donors (Lipinski definition) is 0. The van der Waals surface area contributed by atoms with Gasteiger partial charge >= 0.3 is 0 Å². The lowest BCUT2D eigenvalue weighted by atomic mass is 10.0. The van der Waals surface area contributed by atoms with Crippen molar-refractivity contribution >= 4 is 23.3 Å². The van der Waals surface area contributed by atoms with Crippen molar-refractivity contribution in [3.05, 3.63) is 60.1 Å². The standard InChI is InChI=1S/C22H25N5O2/c1-16(2)15-27-20(28)18(17-7-4-3-5-8-17)19(21(27)29)25-11-13-26(14-12-25)22-23-9-6-10-24-22/h3-10,16H,11-15H2,1-2H3. The quantitative estimate of drug-likeness (QED) is 0.727. The van der Waals surface area contributed by atoms with Crippen molar-refractivity contribution in [3.63, 3.8) is 0 Å². The van der Waals surface area contributed by atoms with E-state index in [9.17, 15) is 9.59 Å². The van der Waals surface area contributed by atoms with Crippen LogP contribution < -0.4 is 4.90 Å². The summed E-state index contributed by atoms with van der Waals surface area (Å²) in [6.45, 7) is 7.12. The zero-order valence-corrected chi connectivity index (χ0v) is 16.8. The molecule has 29 heavy (non-hydrogen) atoms. The largest absolute Gasteiger partial charge is 0.363 e. The van der Waals surface area contributed by atoms with Crippen LogP contribution in [0, 0.1) is 5.92 Å². The Morgan fingerprint density at radius 3 is 2.10 bits per heavy atom. The van der Waals surface area contributed by atoms with E-state index >= 15 is 0 Å². The number of piperazine rings is 1. The summed E-state index contributed by atoms with van der Waals surface area (Å²) in [7, 11) is 0. The number of amides is 2. The Morgan fingerprint density at radius 1 is 0.862 bits per heavy atom. The molecule has 0 saturated carbocycles. The van der Waals surface area contributed by atoms with E-state index in [1.54, 1.807) is 18.5 Å². The average Bonchev–Trinajstić information content (AvgIpc) is 2.99. The van der Waals surface area contributed by atoms with Crippen molar-refractivity contribution in [2.45, 2.75) is 13.8 Å².